The summed E-state index contributed by atoms with van der Waals surface area (Å²) in [5, 5.41) is 2.90. The summed E-state index contributed by atoms with van der Waals surface area (Å²) in [5.74, 6) is 0.225. The highest BCUT2D eigenvalue weighted by atomic mass is 35.5. The van der Waals surface area contributed by atoms with E-state index in [1.54, 1.807) is 29.2 Å². The topological polar surface area (TPSA) is 84.7 Å². The molecule has 6 nitrogen and oxygen atoms in total. The molecule has 2 aromatic carbocycles. The van der Waals surface area contributed by atoms with Crippen LogP contribution >= 0.6 is 12.4 Å². The van der Waals surface area contributed by atoms with Gasteiger partial charge in [-0.3, -0.25) is 9.69 Å². The van der Waals surface area contributed by atoms with Crippen LogP contribution in [-0.4, -0.2) is 30.7 Å². The molecule has 28 heavy (non-hydrogen) atoms. The van der Waals surface area contributed by atoms with E-state index in [1.165, 1.54) is 5.56 Å². The van der Waals surface area contributed by atoms with Crippen molar-refractivity contribution in [3.63, 3.8) is 0 Å². The normalized spacial score (nSPS) is 23.0. The molecule has 7 heteroatoms. The number of amides is 2. The number of carbonyl (C=O) groups is 2. The Morgan fingerprint density at radius 1 is 1.21 bits per heavy atom. The van der Waals surface area contributed by atoms with E-state index < -0.39 is 0 Å². The molecule has 2 amide bonds. The molecule has 1 saturated heterocycles. The summed E-state index contributed by atoms with van der Waals surface area (Å²) in [7, 11) is 0. The lowest BCUT2D eigenvalue weighted by molar-refractivity contribution is 0.102. The number of carbonyl (C=O) groups excluding carboxylic acids is 2. The van der Waals surface area contributed by atoms with E-state index in [2.05, 4.69) is 12.2 Å². The number of cyclic esters (lactones) is 1. The van der Waals surface area contributed by atoms with Crippen LogP contribution in [0.2, 0.25) is 0 Å². The van der Waals surface area contributed by atoms with Crippen LogP contribution < -0.4 is 16.0 Å². The van der Waals surface area contributed by atoms with Crippen molar-refractivity contribution in [3.8, 4) is 0 Å². The maximum absolute atomic E-state index is 12.5. The van der Waals surface area contributed by atoms with Gasteiger partial charge in [0, 0.05) is 28.4 Å². The number of anilines is 2. The van der Waals surface area contributed by atoms with Gasteiger partial charge in [-0.05, 0) is 54.8 Å². The van der Waals surface area contributed by atoms with E-state index >= 15 is 0 Å². The largest absolute Gasteiger partial charge is 0.447 e. The van der Waals surface area contributed by atoms with Gasteiger partial charge in [0.2, 0.25) is 0 Å². The van der Waals surface area contributed by atoms with Crippen LogP contribution in [0.15, 0.2) is 48.5 Å². The van der Waals surface area contributed by atoms with Crippen LogP contribution in [0.3, 0.4) is 0 Å². The summed E-state index contributed by atoms with van der Waals surface area (Å²) >= 11 is 0. The third-order valence-corrected chi connectivity index (χ3v) is 5.55. The Balaban J connectivity index is 0.00000225. The molecule has 1 aliphatic carbocycles. The molecule has 0 aromatic heterocycles. The summed E-state index contributed by atoms with van der Waals surface area (Å²) < 4.78 is 4.93. The Morgan fingerprint density at radius 3 is 2.43 bits per heavy atom. The SMILES string of the molecule is CC[C@]1(N)C[C@H]1c1ccc(NC(=O)c2ccc(N3CCOC3=O)cc2)cc1.Cl. The van der Waals surface area contributed by atoms with E-state index in [0.29, 0.717) is 24.6 Å². The monoisotopic (exact) mass is 401 g/mol. The van der Waals surface area contributed by atoms with Gasteiger partial charge in [-0.25, -0.2) is 4.79 Å². The average Bonchev–Trinajstić information content (AvgIpc) is 3.19. The van der Waals surface area contributed by atoms with Crippen molar-refractivity contribution in [1.82, 2.24) is 0 Å². The first-order valence-corrected chi connectivity index (χ1v) is 9.25. The van der Waals surface area contributed by atoms with Crippen molar-refractivity contribution in [1.29, 1.82) is 0 Å². The third kappa shape index (κ3) is 3.84. The van der Waals surface area contributed by atoms with Crippen LogP contribution in [-0.2, 0) is 4.74 Å². The predicted molar refractivity (Wildman–Crippen MR) is 111 cm³/mol. The van der Waals surface area contributed by atoms with Gasteiger partial charge in [-0.1, -0.05) is 19.1 Å². The zero-order valence-electron chi connectivity index (χ0n) is 15.7. The minimum absolute atomic E-state index is 0. The zero-order valence-corrected chi connectivity index (χ0v) is 16.5. The summed E-state index contributed by atoms with van der Waals surface area (Å²) in [6.07, 6.45) is 1.64. The first-order chi connectivity index (χ1) is 13.0. The number of halogens is 1. The van der Waals surface area contributed by atoms with Gasteiger partial charge in [-0.15, -0.1) is 12.4 Å². The highest BCUT2D eigenvalue weighted by Gasteiger charge is 2.49. The second-order valence-corrected chi connectivity index (χ2v) is 7.23. The molecule has 3 N–H and O–H groups in total. The third-order valence-electron chi connectivity index (χ3n) is 5.55. The number of hydrogen-bond donors (Lipinski definition) is 2. The summed E-state index contributed by atoms with van der Waals surface area (Å²) in [4.78, 5) is 25.6. The maximum Gasteiger partial charge on any atom is 0.414 e. The van der Waals surface area contributed by atoms with Gasteiger partial charge in [0.25, 0.3) is 5.91 Å². The second kappa shape index (κ2) is 7.81. The first kappa shape index (κ1) is 20.2. The molecule has 1 heterocycles. The highest BCUT2D eigenvalue weighted by Crippen LogP contribution is 2.51. The van der Waals surface area contributed by atoms with Gasteiger partial charge < -0.3 is 15.8 Å². The van der Waals surface area contributed by atoms with Crippen LogP contribution in [0, 0.1) is 0 Å². The Bertz CT molecular complexity index is 869. The fraction of sp³-hybridized carbons (Fsp3) is 0.333. The van der Waals surface area contributed by atoms with Gasteiger partial charge in [0.15, 0.2) is 0 Å². The second-order valence-electron chi connectivity index (χ2n) is 7.23. The van der Waals surface area contributed by atoms with Crippen molar-refractivity contribution in [3.05, 3.63) is 59.7 Å². The molecule has 2 fully saturated rings. The van der Waals surface area contributed by atoms with Crippen molar-refractivity contribution in [2.24, 2.45) is 5.73 Å². The van der Waals surface area contributed by atoms with E-state index in [0.717, 1.165) is 24.2 Å². The number of hydrogen-bond acceptors (Lipinski definition) is 4. The molecule has 2 aliphatic rings. The van der Waals surface area contributed by atoms with Crippen LogP contribution in [0.1, 0.15) is 41.6 Å². The Morgan fingerprint density at radius 2 is 1.89 bits per heavy atom. The number of benzene rings is 2. The summed E-state index contributed by atoms with van der Waals surface area (Å²) in [6, 6.07) is 14.8. The highest BCUT2D eigenvalue weighted by molar-refractivity contribution is 6.04. The maximum atomic E-state index is 12.5. The lowest BCUT2D eigenvalue weighted by atomic mass is 10.0. The lowest BCUT2D eigenvalue weighted by Gasteiger charge is -2.13. The average molecular weight is 402 g/mol. The zero-order chi connectivity index (χ0) is 19.0. The fourth-order valence-electron chi connectivity index (χ4n) is 3.58. The van der Waals surface area contributed by atoms with Gasteiger partial charge in [-0.2, -0.15) is 0 Å². The Hall–Kier alpha value is -2.57. The smallest absolute Gasteiger partial charge is 0.414 e. The number of rotatable bonds is 5. The van der Waals surface area contributed by atoms with Crippen molar-refractivity contribution in [2.45, 2.75) is 31.2 Å². The molecule has 0 spiro atoms. The standard InChI is InChI=1S/C21H23N3O3.ClH/c1-2-21(22)13-18(21)14-3-7-16(8-4-14)23-19(25)15-5-9-17(10-6-15)24-11-12-27-20(24)26;/h3-10,18H,2,11-13,22H2,1H3,(H,23,25);1H/t18-,21-;/m0./s1. The molecule has 2 atom stereocenters. The Kier molecular flexibility index (Phi) is 5.63. The first-order valence-electron chi connectivity index (χ1n) is 9.25. The lowest BCUT2D eigenvalue weighted by Crippen LogP contribution is -2.23. The van der Waals surface area contributed by atoms with Crippen molar-refractivity contribution < 1.29 is 14.3 Å². The van der Waals surface area contributed by atoms with E-state index in [9.17, 15) is 9.59 Å². The van der Waals surface area contributed by atoms with Crippen LogP contribution in [0.25, 0.3) is 0 Å². The van der Waals surface area contributed by atoms with Gasteiger partial charge in [0.05, 0.1) is 6.54 Å². The summed E-state index contributed by atoms with van der Waals surface area (Å²) in [5.41, 5.74) is 9.45. The van der Waals surface area contributed by atoms with Crippen LogP contribution in [0.4, 0.5) is 16.2 Å². The van der Waals surface area contributed by atoms with Crippen molar-refractivity contribution in [2.75, 3.05) is 23.4 Å². The minimum Gasteiger partial charge on any atom is -0.447 e. The molecular weight excluding hydrogens is 378 g/mol. The van der Waals surface area contributed by atoms with E-state index in [4.69, 9.17) is 10.5 Å². The van der Waals surface area contributed by atoms with Gasteiger partial charge in [0.1, 0.15) is 6.61 Å². The molecule has 0 radical (unpaired) electrons. The minimum atomic E-state index is -0.354. The molecule has 1 aliphatic heterocycles. The van der Waals surface area contributed by atoms with Crippen LogP contribution in [0.5, 0.6) is 0 Å². The fourth-order valence-corrected chi connectivity index (χ4v) is 3.58. The Labute approximate surface area is 170 Å². The van der Waals surface area contributed by atoms with E-state index in [1.807, 2.05) is 24.3 Å². The number of nitrogens with zero attached hydrogens (tertiary/aromatic N) is 1. The predicted octanol–water partition coefficient (Wildman–Crippen LogP) is 3.91. The molecule has 1 saturated carbocycles. The quantitative estimate of drug-likeness (QED) is 0.795. The van der Waals surface area contributed by atoms with Crippen molar-refractivity contribution >= 4 is 35.8 Å². The molecule has 0 bridgehead atoms. The number of nitrogens with two attached hydrogens (primary N) is 1. The molecule has 0 unspecified atom stereocenters. The molecule has 4 rings (SSSR count). The van der Waals surface area contributed by atoms with E-state index in [-0.39, 0.29) is 29.9 Å². The van der Waals surface area contributed by atoms with Gasteiger partial charge >= 0.3 is 6.09 Å². The molecular formula is C21H24ClN3O3. The number of ether oxygens (including phenoxy) is 1. The summed E-state index contributed by atoms with van der Waals surface area (Å²) in [6.45, 7) is 3.04. The number of nitrogens with one attached hydrogen (secondary N) is 1. The molecule has 2 aromatic rings. The molecule has 148 valence electrons.